The Hall–Kier alpha value is -2.50. The van der Waals surface area contributed by atoms with Gasteiger partial charge in [-0.3, -0.25) is 4.79 Å². The van der Waals surface area contributed by atoms with Crippen LogP contribution in [0.15, 0.2) is 28.9 Å². The number of aromatic nitrogens is 1. The molecule has 2 aromatic rings. The molecule has 0 spiro atoms. The summed E-state index contributed by atoms with van der Waals surface area (Å²) in [6.07, 6.45) is 1.59. The van der Waals surface area contributed by atoms with Crippen LogP contribution in [-0.4, -0.2) is 17.9 Å². The van der Waals surface area contributed by atoms with Crippen LogP contribution in [0.25, 0.3) is 0 Å². The Morgan fingerprint density at radius 3 is 3.00 bits per heavy atom. The van der Waals surface area contributed by atoms with Crippen molar-refractivity contribution in [3.05, 3.63) is 41.3 Å². The number of carbonyl (C=O) groups is 1. The van der Waals surface area contributed by atoms with Crippen molar-refractivity contribution < 1.29 is 18.8 Å². The van der Waals surface area contributed by atoms with Crippen LogP contribution in [-0.2, 0) is 6.54 Å². The molecule has 0 radical (unpaired) electrons. The fourth-order valence-electron chi connectivity index (χ4n) is 1.80. The highest BCUT2D eigenvalue weighted by Crippen LogP contribution is 2.32. The zero-order valence-corrected chi connectivity index (χ0v) is 10.3. The summed E-state index contributed by atoms with van der Waals surface area (Å²) in [5, 5.41) is 6.45. The monoisotopic (exact) mass is 260 g/mol. The molecule has 6 heteroatoms. The number of carbonyl (C=O) groups excluding carboxylic acids is 1. The van der Waals surface area contributed by atoms with Gasteiger partial charge in [-0.2, -0.15) is 0 Å². The first-order valence-electron chi connectivity index (χ1n) is 5.82. The summed E-state index contributed by atoms with van der Waals surface area (Å²) in [6.45, 7) is 2.37. The zero-order chi connectivity index (χ0) is 13.2. The minimum absolute atomic E-state index is 0.182. The highest BCUT2D eigenvalue weighted by molar-refractivity contribution is 5.94. The molecular weight excluding hydrogens is 248 g/mol. The quantitative estimate of drug-likeness (QED) is 0.908. The van der Waals surface area contributed by atoms with E-state index in [9.17, 15) is 4.79 Å². The number of nitrogens with one attached hydrogen (secondary N) is 1. The summed E-state index contributed by atoms with van der Waals surface area (Å²) in [7, 11) is 0. The predicted octanol–water partition coefficient (Wildman–Crippen LogP) is 1.64. The number of ether oxygens (including phenoxy) is 2. The van der Waals surface area contributed by atoms with Crippen LogP contribution in [0, 0.1) is 6.92 Å². The molecule has 0 unspecified atom stereocenters. The highest BCUT2D eigenvalue weighted by atomic mass is 16.7. The van der Waals surface area contributed by atoms with E-state index in [0.717, 1.165) is 5.56 Å². The summed E-state index contributed by atoms with van der Waals surface area (Å²) in [6, 6.07) is 5.09. The molecule has 1 amide bonds. The minimum Gasteiger partial charge on any atom is -0.454 e. The molecule has 1 aromatic carbocycles. The molecule has 1 aliphatic rings. The van der Waals surface area contributed by atoms with Crippen molar-refractivity contribution in [3.8, 4) is 11.5 Å². The maximum Gasteiger partial charge on any atom is 0.251 e. The van der Waals surface area contributed by atoms with Crippen LogP contribution in [0.1, 0.15) is 21.7 Å². The molecule has 0 atom stereocenters. The molecule has 1 N–H and O–H groups in total. The Balaban J connectivity index is 1.69. The van der Waals surface area contributed by atoms with Crippen LogP contribution in [0.5, 0.6) is 11.5 Å². The van der Waals surface area contributed by atoms with E-state index in [1.54, 1.807) is 31.3 Å². The Kier molecular flexibility index (Phi) is 2.83. The van der Waals surface area contributed by atoms with Gasteiger partial charge in [0, 0.05) is 17.7 Å². The van der Waals surface area contributed by atoms with Crippen molar-refractivity contribution in [2.24, 2.45) is 0 Å². The Morgan fingerprint density at radius 1 is 1.37 bits per heavy atom. The van der Waals surface area contributed by atoms with E-state index in [-0.39, 0.29) is 12.7 Å². The molecule has 0 aliphatic carbocycles. The van der Waals surface area contributed by atoms with Gasteiger partial charge in [-0.25, -0.2) is 0 Å². The largest absolute Gasteiger partial charge is 0.454 e. The molecule has 98 valence electrons. The molecule has 0 saturated carbocycles. The number of benzene rings is 1. The number of rotatable bonds is 3. The van der Waals surface area contributed by atoms with Gasteiger partial charge in [0.05, 0.1) is 6.20 Å². The van der Waals surface area contributed by atoms with E-state index in [1.807, 2.05) is 0 Å². The number of nitrogens with zero attached hydrogens (tertiary/aromatic N) is 1. The zero-order valence-electron chi connectivity index (χ0n) is 10.3. The van der Waals surface area contributed by atoms with Gasteiger partial charge in [0.15, 0.2) is 11.5 Å². The summed E-state index contributed by atoms with van der Waals surface area (Å²) in [5.41, 5.74) is 1.38. The average molecular weight is 260 g/mol. The van der Waals surface area contributed by atoms with Gasteiger partial charge in [-0.15, -0.1) is 0 Å². The van der Waals surface area contributed by atoms with E-state index in [4.69, 9.17) is 14.0 Å². The van der Waals surface area contributed by atoms with E-state index in [2.05, 4.69) is 10.5 Å². The van der Waals surface area contributed by atoms with Crippen LogP contribution < -0.4 is 14.8 Å². The lowest BCUT2D eigenvalue weighted by atomic mass is 10.2. The van der Waals surface area contributed by atoms with E-state index in [1.165, 1.54) is 0 Å². The third-order valence-corrected chi connectivity index (χ3v) is 2.92. The SMILES string of the molecule is Cc1oncc1CNC(=O)c1ccc2c(c1)OCO2. The van der Waals surface area contributed by atoms with Crippen LogP contribution in [0.4, 0.5) is 0 Å². The normalized spacial score (nSPS) is 12.5. The molecular formula is C13H12N2O4. The predicted molar refractivity (Wildman–Crippen MR) is 65.0 cm³/mol. The molecule has 6 nitrogen and oxygen atoms in total. The average Bonchev–Trinajstić information content (AvgIpc) is 3.03. The van der Waals surface area contributed by atoms with Gasteiger partial charge in [-0.05, 0) is 25.1 Å². The minimum atomic E-state index is -0.182. The van der Waals surface area contributed by atoms with Crippen molar-refractivity contribution in [1.29, 1.82) is 0 Å². The summed E-state index contributed by atoms with van der Waals surface area (Å²) >= 11 is 0. The fourth-order valence-corrected chi connectivity index (χ4v) is 1.80. The number of hydrogen-bond acceptors (Lipinski definition) is 5. The lowest BCUT2D eigenvalue weighted by Crippen LogP contribution is -2.22. The van der Waals surface area contributed by atoms with Gasteiger partial charge in [-0.1, -0.05) is 5.16 Å². The van der Waals surface area contributed by atoms with Gasteiger partial charge in [0.25, 0.3) is 5.91 Å². The van der Waals surface area contributed by atoms with Crippen molar-refractivity contribution in [2.45, 2.75) is 13.5 Å². The number of aryl methyl sites for hydroxylation is 1. The van der Waals surface area contributed by atoms with Crippen molar-refractivity contribution >= 4 is 5.91 Å². The van der Waals surface area contributed by atoms with Crippen molar-refractivity contribution in [1.82, 2.24) is 10.5 Å². The third kappa shape index (κ3) is 2.24. The molecule has 2 heterocycles. The second kappa shape index (κ2) is 4.64. The van der Waals surface area contributed by atoms with Gasteiger partial charge < -0.3 is 19.3 Å². The third-order valence-electron chi connectivity index (χ3n) is 2.92. The van der Waals surface area contributed by atoms with Gasteiger partial charge in [0.1, 0.15) is 5.76 Å². The molecule has 1 aliphatic heterocycles. The van der Waals surface area contributed by atoms with Crippen molar-refractivity contribution in [3.63, 3.8) is 0 Å². The van der Waals surface area contributed by atoms with Crippen LogP contribution >= 0.6 is 0 Å². The second-order valence-corrected chi connectivity index (χ2v) is 4.16. The summed E-state index contributed by atoms with van der Waals surface area (Å²) in [4.78, 5) is 12.0. The molecule has 3 rings (SSSR count). The molecule has 0 fully saturated rings. The number of amides is 1. The first-order chi connectivity index (χ1) is 9.24. The molecule has 1 aromatic heterocycles. The highest BCUT2D eigenvalue weighted by Gasteiger charge is 2.16. The maximum atomic E-state index is 12.0. The van der Waals surface area contributed by atoms with Gasteiger partial charge in [0.2, 0.25) is 6.79 Å². The van der Waals surface area contributed by atoms with E-state index >= 15 is 0 Å². The van der Waals surface area contributed by atoms with E-state index in [0.29, 0.717) is 29.4 Å². The van der Waals surface area contributed by atoms with E-state index < -0.39 is 0 Å². The van der Waals surface area contributed by atoms with Crippen LogP contribution in [0.2, 0.25) is 0 Å². The summed E-state index contributed by atoms with van der Waals surface area (Å²) < 4.78 is 15.3. The Morgan fingerprint density at radius 2 is 2.21 bits per heavy atom. The first kappa shape index (κ1) is 11.6. The Labute approximate surface area is 109 Å². The molecule has 19 heavy (non-hydrogen) atoms. The molecule has 0 bridgehead atoms. The Bertz CT molecular complexity index is 621. The first-order valence-corrected chi connectivity index (χ1v) is 5.82. The lowest BCUT2D eigenvalue weighted by molar-refractivity contribution is 0.0950. The number of hydrogen-bond donors (Lipinski definition) is 1. The fraction of sp³-hybridized carbons (Fsp3) is 0.231. The summed E-state index contributed by atoms with van der Waals surface area (Å²) in [5.74, 6) is 1.77. The van der Waals surface area contributed by atoms with Crippen molar-refractivity contribution in [2.75, 3.05) is 6.79 Å². The smallest absolute Gasteiger partial charge is 0.251 e. The molecule has 0 saturated heterocycles. The van der Waals surface area contributed by atoms with Crippen LogP contribution in [0.3, 0.4) is 0 Å². The topological polar surface area (TPSA) is 73.6 Å². The standard InChI is InChI=1S/C13H12N2O4/c1-8-10(6-15-19-8)5-14-13(16)9-2-3-11-12(4-9)18-7-17-11/h2-4,6H,5,7H2,1H3,(H,14,16). The lowest BCUT2D eigenvalue weighted by Gasteiger charge is -2.05. The van der Waals surface area contributed by atoms with Gasteiger partial charge >= 0.3 is 0 Å². The maximum absolute atomic E-state index is 12.0. The number of fused-ring (bicyclic) bond motifs is 1. The second-order valence-electron chi connectivity index (χ2n) is 4.16.